The van der Waals surface area contributed by atoms with Gasteiger partial charge in [-0.05, 0) is 6.07 Å². The molecular formula is C9H6Cl4N2O3. The van der Waals surface area contributed by atoms with E-state index in [0.717, 1.165) is 6.07 Å². The van der Waals surface area contributed by atoms with E-state index in [2.05, 4.69) is 5.32 Å². The Morgan fingerprint density at radius 1 is 1.39 bits per heavy atom. The molecule has 98 valence electrons. The Hall–Kier alpha value is -0.750. The highest BCUT2D eigenvalue weighted by atomic mass is 35.6. The van der Waals surface area contributed by atoms with Crippen LogP contribution < -0.4 is 5.32 Å². The first kappa shape index (κ1) is 15.3. The summed E-state index contributed by atoms with van der Waals surface area (Å²) in [6.45, 7) is 0. The average molecular weight is 332 g/mol. The third kappa shape index (κ3) is 4.17. The second kappa shape index (κ2) is 5.93. The van der Waals surface area contributed by atoms with Gasteiger partial charge >= 0.3 is 0 Å². The zero-order valence-corrected chi connectivity index (χ0v) is 11.6. The number of nitro groups is 1. The van der Waals surface area contributed by atoms with Gasteiger partial charge in [-0.2, -0.15) is 0 Å². The maximum Gasteiger partial charge on any atom is 0.270 e. The van der Waals surface area contributed by atoms with Crippen molar-refractivity contribution in [2.75, 3.05) is 0 Å². The predicted octanol–water partition coefficient (Wildman–Crippen LogP) is 3.26. The summed E-state index contributed by atoms with van der Waals surface area (Å²) in [6, 6.07) is 5.09. The summed E-state index contributed by atoms with van der Waals surface area (Å²) in [4.78, 5) is 21.6. The van der Waals surface area contributed by atoms with E-state index in [1.165, 1.54) is 18.2 Å². The molecule has 0 aliphatic carbocycles. The Morgan fingerprint density at radius 2 is 2.00 bits per heavy atom. The van der Waals surface area contributed by atoms with E-state index in [1.807, 2.05) is 0 Å². The minimum Gasteiger partial charge on any atom is -0.332 e. The van der Waals surface area contributed by atoms with Crippen LogP contribution in [0.1, 0.15) is 10.4 Å². The SMILES string of the molecule is O=C(NC(Cl)C(Cl)(Cl)Cl)c1cccc([N+](=O)[O-])c1. The van der Waals surface area contributed by atoms with Crippen molar-refractivity contribution in [1.82, 2.24) is 5.32 Å². The summed E-state index contributed by atoms with van der Waals surface area (Å²) < 4.78 is -1.88. The molecule has 0 spiro atoms. The van der Waals surface area contributed by atoms with Crippen LogP contribution >= 0.6 is 46.4 Å². The lowest BCUT2D eigenvalue weighted by molar-refractivity contribution is -0.384. The van der Waals surface area contributed by atoms with E-state index in [-0.39, 0.29) is 11.3 Å². The number of non-ortho nitro benzene ring substituents is 1. The zero-order chi connectivity index (χ0) is 13.9. The summed E-state index contributed by atoms with van der Waals surface area (Å²) in [7, 11) is 0. The standard InChI is InChI=1S/C9H6Cl4N2O3/c10-8(9(11,12)13)14-7(16)5-2-1-3-6(4-5)15(17)18/h1-4,8H,(H,14,16). The smallest absolute Gasteiger partial charge is 0.270 e. The fourth-order valence-electron chi connectivity index (χ4n) is 1.04. The quantitative estimate of drug-likeness (QED) is 0.400. The van der Waals surface area contributed by atoms with Crippen LogP contribution in [0.2, 0.25) is 0 Å². The predicted molar refractivity (Wildman–Crippen MR) is 70.5 cm³/mol. The normalized spacial score (nSPS) is 12.9. The summed E-state index contributed by atoms with van der Waals surface area (Å²) in [5, 5.41) is 12.8. The topological polar surface area (TPSA) is 72.2 Å². The van der Waals surface area contributed by atoms with Crippen LogP contribution in [0.5, 0.6) is 0 Å². The van der Waals surface area contributed by atoms with E-state index in [1.54, 1.807) is 0 Å². The number of nitro benzene ring substituents is 1. The third-order valence-electron chi connectivity index (χ3n) is 1.86. The van der Waals surface area contributed by atoms with Crippen LogP contribution in [0.15, 0.2) is 24.3 Å². The van der Waals surface area contributed by atoms with Crippen molar-refractivity contribution < 1.29 is 9.72 Å². The van der Waals surface area contributed by atoms with Crippen LogP contribution in [0.25, 0.3) is 0 Å². The van der Waals surface area contributed by atoms with Gasteiger partial charge in [0.25, 0.3) is 11.6 Å². The van der Waals surface area contributed by atoms with E-state index in [0.29, 0.717) is 0 Å². The van der Waals surface area contributed by atoms with Crippen LogP contribution in [-0.2, 0) is 0 Å². The van der Waals surface area contributed by atoms with Gasteiger partial charge < -0.3 is 5.32 Å². The highest BCUT2D eigenvalue weighted by Gasteiger charge is 2.32. The molecule has 0 radical (unpaired) electrons. The maximum absolute atomic E-state index is 11.7. The monoisotopic (exact) mass is 330 g/mol. The number of hydrogen-bond donors (Lipinski definition) is 1. The van der Waals surface area contributed by atoms with Crippen LogP contribution in [0.3, 0.4) is 0 Å². The van der Waals surface area contributed by atoms with Crippen molar-refractivity contribution >= 4 is 58.0 Å². The van der Waals surface area contributed by atoms with E-state index >= 15 is 0 Å². The van der Waals surface area contributed by atoms with Gasteiger partial charge in [0.1, 0.15) is 0 Å². The molecule has 1 rings (SSSR count). The lowest BCUT2D eigenvalue weighted by atomic mass is 10.2. The lowest BCUT2D eigenvalue weighted by Gasteiger charge is -2.19. The Bertz CT molecular complexity index is 475. The van der Waals surface area contributed by atoms with Crippen molar-refractivity contribution in [2.24, 2.45) is 0 Å². The molecule has 1 aromatic carbocycles. The molecule has 5 nitrogen and oxygen atoms in total. The van der Waals surface area contributed by atoms with Gasteiger partial charge in [0, 0.05) is 17.7 Å². The molecule has 0 fully saturated rings. The molecule has 0 aliphatic rings. The van der Waals surface area contributed by atoms with E-state index < -0.39 is 20.1 Å². The highest BCUT2D eigenvalue weighted by molar-refractivity contribution is 6.70. The molecule has 0 bridgehead atoms. The molecule has 9 heteroatoms. The Kier molecular flexibility index (Phi) is 5.04. The molecule has 0 aromatic heterocycles. The Balaban J connectivity index is 2.85. The Morgan fingerprint density at radius 3 is 2.50 bits per heavy atom. The largest absolute Gasteiger partial charge is 0.332 e. The number of benzene rings is 1. The minimum absolute atomic E-state index is 0.0455. The molecule has 1 amide bonds. The molecule has 18 heavy (non-hydrogen) atoms. The summed E-state index contributed by atoms with van der Waals surface area (Å²) in [6.07, 6.45) is 0. The van der Waals surface area contributed by atoms with Gasteiger partial charge in [-0.15, -0.1) is 0 Å². The number of nitrogens with zero attached hydrogens (tertiary/aromatic N) is 1. The van der Waals surface area contributed by atoms with Crippen LogP contribution in [0, 0.1) is 10.1 Å². The van der Waals surface area contributed by atoms with Crippen molar-refractivity contribution in [2.45, 2.75) is 9.29 Å². The van der Waals surface area contributed by atoms with Crippen LogP contribution in [0.4, 0.5) is 5.69 Å². The third-order valence-corrected chi connectivity index (χ3v) is 3.29. The molecule has 0 saturated carbocycles. The first-order valence-electron chi connectivity index (χ1n) is 4.48. The Labute approximate surface area is 122 Å². The number of rotatable bonds is 3. The molecule has 1 N–H and O–H groups in total. The average Bonchev–Trinajstić information content (AvgIpc) is 2.27. The lowest BCUT2D eigenvalue weighted by Crippen LogP contribution is -2.39. The number of halogens is 4. The fraction of sp³-hybridized carbons (Fsp3) is 0.222. The van der Waals surface area contributed by atoms with Gasteiger partial charge in [0.05, 0.1) is 4.92 Å². The van der Waals surface area contributed by atoms with Crippen molar-refractivity contribution in [3.05, 3.63) is 39.9 Å². The fourth-order valence-corrected chi connectivity index (χ4v) is 1.30. The first-order chi connectivity index (χ1) is 8.21. The summed E-state index contributed by atoms with van der Waals surface area (Å²) >= 11 is 22.1. The summed E-state index contributed by atoms with van der Waals surface area (Å²) in [5.74, 6) is -0.676. The number of carbonyl (C=O) groups is 1. The van der Waals surface area contributed by atoms with Gasteiger partial charge in [-0.3, -0.25) is 14.9 Å². The first-order valence-corrected chi connectivity index (χ1v) is 6.05. The minimum atomic E-state index is -1.88. The molecular weight excluding hydrogens is 326 g/mol. The molecule has 0 saturated heterocycles. The van der Waals surface area contributed by atoms with E-state index in [4.69, 9.17) is 46.4 Å². The molecule has 1 atom stereocenters. The van der Waals surface area contributed by atoms with Gasteiger partial charge in [-0.1, -0.05) is 52.5 Å². The number of hydrogen-bond acceptors (Lipinski definition) is 3. The van der Waals surface area contributed by atoms with Crippen molar-refractivity contribution in [3.8, 4) is 0 Å². The van der Waals surface area contributed by atoms with Crippen molar-refractivity contribution in [1.29, 1.82) is 0 Å². The second-order valence-corrected chi connectivity index (χ2v) is 5.99. The molecule has 0 heterocycles. The zero-order valence-electron chi connectivity index (χ0n) is 8.57. The molecule has 1 unspecified atom stereocenters. The second-order valence-electron chi connectivity index (χ2n) is 3.19. The van der Waals surface area contributed by atoms with E-state index in [9.17, 15) is 14.9 Å². The number of nitrogens with one attached hydrogen (secondary N) is 1. The maximum atomic E-state index is 11.7. The number of alkyl halides is 4. The highest BCUT2D eigenvalue weighted by Crippen LogP contribution is 2.32. The summed E-state index contributed by atoms with van der Waals surface area (Å²) in [5.41, 5.74) is -1.43. The molecule has 0 aliphatic heterocycles. The van der Waals surface area contributed by atoms with Gasteiger partial charge in [0.15, 0.2) is 5.50 Å². The molecule has 1 aromatic rings. The number of amides is 1. The van der Waals surface area contributed by atoms with Crippen LogP contribution in [-0.4, -0.2) is 20.1 Å². The van der Waals surface area contributed by atoms with Crippen molar-refractivity contribution in [3.63, 3.8) is 0 Å². The number of carbonyl (C=O) groups excluding carboxylic acids is 1. The van der Waals surface area contributed by atoms with Gasteiger partial charge in [0.2, 0.25) is 3.79 Å². The van der Waals surface area contributed by atoms with Gasteiger partial charge in [-0.25, -0.2) is 0 Å².